The first-order chi connectivity index (χ1) is 10.7. The molecule has 0 N–H and O–H groups in total. The number of carbonyl (C=O) groups excluding carboxylic acids is 1. The third-order valence-corrected chi connectivity index (χ3v) is 3.94. The van der Waals surface area contributed by atoms with E-state index in [0.29, 0.717) is 23.1 Å². The lowest BCUT2D eigenvalue weighted by molar-refractivity contribution is -0.106. The fraction of sp³-hybridized carbons (Fsp3) is 0.438. The normalized spacial score (nSPS) is 21.7. The number of anilines is 1. The van der Waals surface area contributed by atoms with Gasteiger partial charge in [0.05, 0.1) is 24.6 Å². The van der Waals surface area contributed by atoms with E-state index in [0.717, 1.165) is 30.7 Å². The molecule has 1 aliphatic carbocycles. The number of hydrogen-bond donors (Lipinski definition) is 0. The molecule has 1 fully saturated rings. The molecular weight excluding hydrogens is 282 g/mol. The number of nitrogens with zero attached hydrogens (tertiary/aromatic N) is 3. The minimum atomic E-state index is -0.494. The van der Waals surface area contributed by atoms with Crippen molar-refractivity contribution in [3.8, 4) is 5.75 Å². The van der Waals surface area contributed by atoms with Gasteiger partial charge < -0.3 is 9.47 Å². The topological polar surface area (TPSA) is 64.0 Å². The third-order valence-electron chi connectivity index (χ3n) is 3.94. The van der Waals surface area contributed by atoms with Crippen molar-refractivity contribution in [1.82, 2.24) is 4.98 Å². The number of hydrogen-bond acceptors (Lipinski definition) is 6. The van der Waals surface area contributed by atoms with Crippen molar-refractivity contribution in [2.75, 3.05) is 19.1 Å². The molecular formula is C16H19N3O3. The molecule has 1 atom stereocenters. The maximum absolute atomic E-state index is 11.6. The average Bonchev–Trinajstić information content (AvgIpc) is 3.38. The highest BCUT2D eigenvalue weighted by Crippen LogP contribution is 2.41. The second kappa shape index (κ2) is 5.88. The summed E-state index contributed by atoms with van der Waals surface area (Å²) < 4.78 is 10.7. The second-order valence-corrected chi connectivity index (χ2v) is 5.41. The fourth-order valence-corrected chi connectivity index (χ4v) is 2.68. The van der Waals surface area contributed by atoms with Crippen molar-refractivity contribution in [2.24, 2.45) is 10.9 Å². The van der Waals surface area contributed by atoms with Crippen LogP contribution in [-0.4, -0.2) is 37.6 Å². The molecule has 116 valence electrons. The van der Waals surface area contributed by atoms with Crippen LogP contribution in [-0.2, 0) is 9.53 Å². The highest BCUT2D eigenvalue weighted by Gasteiger charge is 2.38. The quantitative estimate of drug-likeness (QED) is 0.780. The van der Waals surface area contributed by atoms with E-state index in [9.17, 15) is 4.79 Å². The molecule has 1 aromatic rings. The van der Waals surface area contributed by atoms with Gasteiger partial charge in [-0.25, -0.2) is 9.98 Å². The van der Waals surface area contributed by atoms with Crippen LogP contribution in [0.1, 0.15) is 19.8 Å². The van der Waals surface area contributed by atoms with Crippen LogP contribution in [0.5, 0.6) is 5.75 Å². The zero-order valence-corrected chi connectivity index (χ0v) is 12.9. The second-order valence-electron chi connectivity index (χ2n) is 5.41. The number of aliphatic imine (C=N–C) groups is 1. The summed E-state index contributed by atoms with van der Waals surface area (Å²) in [5.74, 6) is 2.51. The molecule has 3 rings (SSSR count). The number of pyridine rings is 1. The molecule has 2 aliphatic rings. The van der Waals surface area contributed by atoms with Gasteiger partial charge in [-0.05, 0) is 31.9 Å². The Kier molecular flexibility index (Phi) is 3.94. The molecule has 0 bridgehead atoms. The van der Waals surface area contributed by atoms with E-state index in [4.69, 9.17) is 9.47 Å². The van der Waals surface area contributed by atoms with Gasteiger partial charge in [0.2, 0.25) is 0 Å². The minimum Gasteiger partial charge on any atom is -0.495 e. The van der Waals surface area contributed by atoms with Gasteiger partial charge in [-0.2, -0.15) is 0 Å². The Morgan fingerprint density at radius 2 is 2.09 bits per heavy atom. The van der Waals surface area contributed by atoms with E-state index < -0.39 is 6.23 Å². The smallest absolute Gasteiger partial charge is 0.167 e. The first kappa shape index (κ1) is 14.7. The van der Waals surface area contributed by atoms with E-state index in [1.165, 1.54) is 0 Å². The van der Waals surface area contributed by atoms with Gasteiger partial charge in [0.1, 0.15) is 17.4 Å². The van der Waals surface area contributed by atoms with Gasteiger partial charge in [-0.15, -0.1) is 0 Å². The summed E-state index contributed by atoms with van der Waals surface area (Å²) in [5, 5.41) is 0. The third kappa shape index (κ3) is 2.50. The van der Waals surface area contributed by atoms with Crippen LogP contribution < -0.4 is 9.64 Å². The Balaban J connectivity index is 2.00. The molecule has 0 saturated heterocycles. The number of rotatable bonds is 5. The first-order valence-electron chi connectivity index (χ1n) is 7.26. The van der Waals surface area contributed by atoms with E-state index in [1.807, 2.05) is 24.0 Å². The Morgan fingerprint density at radius 1 is 1.32 bits per heavy atom. The lowest BCUT2D eigenvalue weighted by atomic mass is 10.1. The van der Waals surface area contributed by atoms with Crippen LogP contribution in [0.25, 0.3) is 0 Å². The molecule has 1 aromatic heterocycles. The number of aldehydes is 1. The van der Waals surface area contributed by atoms with Crippen molar-refractivity contribution in [1.29, 1.82) is 0 Å². The molecule has 2 heterocycles. The summed E-state index contributed by atoms with van der Waals surface area (Å²) in [6.45, 7) is 1.90. The monoisotopic (exact) mass is 301 g/mol. The van der Waals surface area contributed by atoms with Gasteiger partial charge in [0, 0.05) is 13.0 Å². The zero-order chi connectivity index (χ0) is 15.7. The lowest BCUT2D eigenvalue weighted by Gasteiger charge is -2.35. The molecule has 22 heavy (non-hydrogen) atoms. The summed E-state index contributed by atoms with van der Waals surface area (Å²) in [5.41, 5.74) is 1.46. The van der Waals surface area contributed by atoms with Crippen LogP contribution >= 0.6 is 0 Å². The molecule has 0 amide bonds. The van der Waals surface area contributed by atoms with Crippen molar-refractivity contribution in [3.63, 3.8) is 0 Å². The highest BCUT2D eigenvalue weighted by molar-refractivity contribution is 6.00. The largest absolute Gasteiger partial charge is 0.495 e. The number of amidine groups is 1. The predicted molar refractivity (Wildman–Crippen MR) is 83.0 cm³/mol. The summed E-state index contributed by atoms with van der Waals surface area (Å²) in [6, 6.07) is 3.65. The van der Waals surface area contributed by atoms with Gasteiger partial charge in [0.15, 0.2) is 12.5 Å². The summed E-state index contributed by atoms with van der Waals surface area (Å²) >= 11 is 0. The molecule has 0 spiro atoms. The molecule has 1 unspecified atom stereocenters. The number of methoxy groups -OCH3 is 2. The molecule has 6 heteroatoms. The van der Waals surface area contributed by atoms with Crippen molar-refractivity contribution in [3.05, 3.63) is 29.6 Å². The predicted octanol–water partition coefficient (Wildman–Crippen LogP) is 2.16. The Morgan fingerprint density at radius 3 is 2.59 bits per heavy atom. The van der Waals surface area contributed by atoms with Crippen molar-refractivity contribution < 1.29 is 14.3 Å². The van der Waals surface area contributed by atoms with E-state index >= 15 is 0 Å². The number of ether oxygens (including phenoxy) is 2. The molecule has 6 nitrogen and oxygen atoms in total. The van der Waals surface area contributed by atoms with Crippen LogP contribution in [0.3, 0.4) is 0 Å². The summed E-state index contributed by atoms with van der Waals surface area (Å²) in [4.78, 5) is 22.4. The molecule has 0 aromatic carbocycles. The number of allylic oxidation sites excluding steroid dienone is 1. The SMILES string of the molecule is COc1ccc(N2C(C)=NC(C3CC3)=C(C=O)C2OC)nc1. The van der Waals surface area contributed by atoms with E-state index in [2.05, 4.69) is 9.98 Å². The van der Waals surface area contributed by atoms with Gasteiger partial charge in [-0.1, -0.05) is 0 Å². The van der Waals surface area contributed by atoms with Crippen LogP contribution in [0.4, 0.5) is 5.82 Å². The maximum atomic E-state index is 11.6. The highest BCUT2D eigenvalue weighted by atomic mass is 16.5. The first-order valence-corrected chi connectivity index (χ1v) is 7.26. The molecule has 1 aliphatic heterocycles. The van der Waals surface area contributed by atoms with Crippen molar-refractivity contribution in [2.45, 2.75) is 26.0 Å². The van der Waals surface area contributed by atoms with Crippen LogP contribution in [0.15, 0.2) is 34.6 Å². The zero-order valence-electron chi connectivity index (χ0n) is 12.9. The van der Waals surface area contributed by atoms with Crippen molar-refractivity contribution >= 4 is 17.9 Å². The Labute approximate surface area is 129 Å². The maximum Gasteiger partial charge on any atom is 0.167 e. The van der Waals surface area contributed by atoms with E-state index in [1.54, 1.807) is 20.4 Å². The van der Waals surface area contributed by atoms with E-state index in [-0.39, 0.29) is 0 Å². The number of aromatic nitrogens is 1. The lowest BCUT2D eigenvalue weighted by Crippen LogP contribution is -2.45. The van der Waals surface area contributed by atoms with Crippen LogP contribution in [0.2, 0.25) is 0 Å². The van der Waals surface area contributed by atoms with Gasteiger partial charge in [-0.3, -0.25) is 9.69 Å². The summed E-state index contributed by atoms with van der Waals surface area (Å²) in [6.07, 6.45) is 4.16. The van der Waals surface area contributed by atoms with Crippen LogP contribution in [0, 0.1) is 5.92 Å². The van der Waals surface area contributed by atoms with Gasteiger partial charge in [0.25, 0.3) is 0 Å². The Bertz CT molecular complexity index is 633. The fourth-order valence-electron chi connectivity index (χ4n) is 2.68. The molecule has 0 radical (unpaired) electrons. The number of carbonyl (C=O) groups is 1. The van der Waals surface area contributed by atoms with Gasteiger partial charge >= 0.3 is 0 Å². The summed E-state index contributed by atoms with van der Waals surface area (Å²) in [7, 11) is 3.19. The average molecular weight is 301 g/mol. The minimum absolute atomic E-state index is 0.388. The Hall–Kier alpha value is -2.21. The standard InChI is InChI=1S/C16H19N3O3/c1-10-18-15(11-4-5-11)13(9-20)16(22-3)19(10)14-7-6-12(21-2)8-17-14/h6-9,11,16H,4-5H2,1-3H3. The molecule has 1 saturated carbocycles.